The second-order valence-corrected chi connectivity index (χ2v) is 8.74. The molecule has 0 N–H and O–H groups in total. The van der Waals surface area contributed by atoms with Crippen molar-refractivity contribution in [1.82, 2.24) is 4.90 Å². The maximum atomic E-state index is 12.4. The van der Waals surface area contributed by atoms with E-state index in [0.29, 0.717) is 15.8 Å². The van der Waals surface area contributed by atoms with E-state index in [2.05, 4.69) is 0 Å². The highest BCUT2D eigenvalue weighted by Crippen LogP contribution is 2.28. The van der Waals surface area contributed by atoms with Crippen molar-refractivity contribution in [2.24, 2.45) is 0 Å². The van der Waals surface area contributed by atoms with Gasteiger partial charge in [0.15, 0.2) is 16.4 Å². The smallest absolute Gasteiger partial charge is 0.260 e. The molecule has 0 saturated carbocycles. The van der Waals surface area contributed by atoms with Gasteiger partial charge in [0.2, 0.25) is 0 Å². The molecule has 1 amide bonds. The summed E-state index contributed by atoms with van der Waals surface area (Å²) in [7, 11) is -1.59. The molecule has 26 heavy (non-hydrogen) atoms. The van der Waals surface area contributed by atoms with Crippen LogP contribution in [0.25, 0.3) is 0 Å². The van der Waals surface area contributed by atoms with Crippen LogP contribution in [0.5, 0.6) is 5.75 Å². The van der Waals surface area contributed by atoms with Crippen molar-refractivity contribution in [2.75, 3.05) is 19.9 Å². The molecule has 0 heterocycles. The van der Waals surface area contributed by atoms with Gasteiger partial charge in [0.25, 0.3) is 5.91 Å². The molecule has 0 aliphatic carbocycles. The molecule has 2 aromatic rings. The number of carbonyl (C=O) groups is 1. The quantitative estimate of drug-likeness (QED) is 0.714. The molecule has 2 aromatic carbocycles. The average Bonchev–Trinajstić information content (AvgIpc) is 2.58. The predicted octanol–water partition coefficient (Wildman–Crippen LogP) is 4.00. The number of benzene rings is 2. The summed E-state index contributed by atoms with van der Waals surface area (Å²) in [5.41, 5.74) is 0.817. The lowest BCUT2D eigenvalue weighted by Gasteiger charge is -2.25. The van der Waals surface area contributed by atoms with Crippen LogP contribution in [0.3, 0.4) is 0 Å². The van der Waals surface area contributed by atoms with Gasteiger partial charge in [-0.05, 0) is 42.8 Å². The Morgan fingerprint density at radius 1 is 1.15 bits per heavy atom. The first-order valence-corrected chi connectivity index (χ1v) is 10.4. The van der Waals surface area contributed by atoms with Crippen LogP contribution in [0, 0.1) is 0 Å². The van der Waals surface area contributed by atoms with E-state index in [0.717, 1.165) is 11.8 Å². The Balaban J connectivity index is 2.02. The second-order valence-electron chi connectivity index (χ2n) is 5.89. The Hall–Kier alpha value is -1.76. The van der Waals surface area contributed by atoms with Crippen LogP contribution in [-0.4, -0.2) is 39.1 Å². The summed E-state index contributed by atoms with van der Waals surface area (Å²) in [5.74, 6) is 0.138. The molecule has 0 saturated heterocycles. The molecule has 1 atom stereocenters. The lowest BCUT2D eigenvalue weighted by Crippen LogP contribution is -2.33. The third-order valence-electron chi connectivity index (χ3n) is 4.01. The number of hydrogen-bond acceptors (Lipinski definition) is 4. The number of amides is 1. The van der Waals surface area contributed by atoms with Gasteiger partial charge in [-0.3, -0.25) is 4.79 Å². The van der Waals surface area contributed by atoms with Crippen molar-refractivity contribution in [1.29, 1.82) is 0 Å². The van der Waals surface area contributed by atoms with Gasteiger partial charge in [-0.15, -0.1) is 0 Å². The fraction of sp³-hybridized carbons (Fsp3) is 0.278. The van der Waals surface area contributed by atoms with E-state index >= 15 is 0 Å². The zero-order chi connectivity index (χ0) is 19.5. The molecule has 0 aliphatic heterocycles. The highest BCUT2D eigenvalue weighted by atomic mass is 35.5. The fourth-order valence-corrected chi connectivity index (χ4v) is 3.36. The SMILES string of the molecule is CC(c1ccc(S(C)(=O)=O)cc1)N(C)C(=O)COc1ccc(Cl)cc1Cl. The Bertz CT molecular complexity index is 898. The molecule has 0 spiro atoms. The summed E-state index contributed by atoms with van der Waals surface area (Å²) >= 11 is 11.8. The first-order valence-electron chi connectivity index (χ1n) is 7.73. The molecule has 0 bridgehead atoms. The first kappa shape index (κ1) is 20.6. The number of halogens is 2. The van der Waals surface area contributed by atoms with Gasteiger partial charge in [0, 0.05) is 18.3 Å². The Kier molecular flexibility index (Phi) is 6.55. The number of ether oxygens (including phenoxy) is 1. The van der Waals surface area contributed by atoms with Crippen molar-refractivity contribution in [3.63, 3.8) is 0 Å². The fourth-order valence-electron chi connectivity index (χ4n) is 2.27. The molecule has 5 nitrogen and oxygen atoms in total. The maximum Gasteiger partial charge on any atom is 0.260 e. The minimum absolute atomic E-state index is 0.177. The van der Waals surface area contributed by atoms with Crippen LogP contribution < -0.4 is 4.74 Å². The normalized spacial score (nSPS) is 12.5. The Morgan fingerprint density at radius 2 is 1.77 bits per heavy atom. The van der Waals surface area contributed by atoms with E-state index in [1.165, 1.54) is 17.0 Å². The van der Waals surface area contributed by atoms with E-state index in [1.54, 1.807) is 37.4 Å². The van der Waals surface area contributed by atoms with E-state index < -0.39 is 9.84 Å². The minimum atomic E-state index is -3.25. The van der Waals surface area contributed by atoms with Crippen molar-refractivity contribution < 1.29 is 17.9 Å². The first-order chi connectivity index (χ1) is 12.1. The summed E-state index contributed by atoms with van der Waals surface area (Å²) in [6, 6.07) is 11.0. The van der Waals surface area contributed by atoms with E-state index in [-0.39, 0.29) is 23.5 Å². The molecule has 140 valence electrons. The van der Waals surface area contributed by atoms with E-state index in [4.69, 9.17) is 27.9 Å². The third kappa shape index (κ3) is 5.13. The molecule has 0 radical (unpaired) electrons. The van der Waals surface area contributed by atoms with Gasteiger partial charge < -0.3 is 9.64 Å². The standard InChI is InChI=1S/C18H19Cl2NO4S/c1-12(13-4-7-15(8-5-13)26(3,23)24)21(2)18(22)11-25-17-9-6-14(19)10-16(17)20/h4-10,12H,11H2,1-3H3. The highest BCUT2D eigenvalue weighted by Gasteiger charge is 2.19. The number of nitrogens with zero attached hydrogens (tertiary/aromatic N) is 1. The van der Waals surface area contributed by atoms with Crippen molar-refractivity contribution in [3.8, 4) is 5.75 Å². The summed E-state index contributed by atoms with van der Waals surface area (Å²) < 4.78 is 28.5. The zero-order valence-electron chi connectivity index (χ0n) is 14.6. The summed E-state index contributed by atoms with van der Waals surface area (Å²) in [5, 5.41) is 0.814. The van der Waals surface area contributed by atoms with Crippen molar-refractivity contribution >= 4 is 38.9 Å². The van der Waals surface area contributed by atoms with Gasteiger partial charge in [-0.25, -0.2) is 8.42 Å². The number of carbonyl (C=O) groups excluding carboxylic acids is 1. The molecular formula is C18H19Cl2NO4S. The number of sulfone groups is 1. The van der Waals surface area contributed by atoms with Crippen LogP contribution in [0.2, 0.25) is 10.0 Å². The van der Waals surface area contributed by atoms with Crippen LogP contribution >= 0.6 is 23.2 Å². The molecule has 0 aliphatic rings. The molecule has 0 fully saturated rings. The van der Waals surface area contributed by atoms with Gasteiger partial charge in [-0.2, -0.15) is 0 Å². The summed E-state index contributed by atoms with van der Waals surface area (Å²) in [6.45, 7) is 1.67. The van der Waals surface area contributed by atoms with Crippen molar-refractivity contribution in [3.05, 3.63) is 58.1 Å². The van der Waals surface area contributed by atoms with Gasteiger partial charge in [0.1, 0.15) is 5.75 Å². The van der Waals surface area contributed by atoms with Crippen LogP contribution in [0.4, 0.5) is 0 Å². The number of likely N-dealkylation sites (N-methyl/N-ethyl adjacent to an activating group) is 1. The maximum absolute atomic E-state index is 12.4. The Morgan fingerprint density at radius 3 is 2.31 bits per heavy atom. The summed E-state index contributed by atoms with van der Waals surface area (Å²) in [4.78, 5) is 14.1. The molecule has 1 unspecified atom stereocenters. The van der Waals surface area contributed by atoms with E-state index in [1.807, 2.05) is 6.92 Å². The largest absolute Gasteiger partial charge is 0.482 e. The lowest BCUT2D eigenvalue weighted by atomic mass is 10.1. The molecule has 0 aromatic heterocycles. The molecule has 8 heteroatoms. The lowest BCUT2D eigenvalue weighted by molar-refractivity contribution is -0.134. The van der Waals surface area contributed by atoms with Gasteiger partial charge >= 0.3 is 0 Å². The monoisotopic (exact) mass is 415 g/mol. The number of rotatable bonds is 6. The van der Waals surface area contributed by atoms with Crippen LogP contribution in [0.1, 0.15) is 18.5 Å². The van der Waals surface area contributed by atoms with Crippen molar-refractivity contribution in [2.45, 2.75) is 17.9 Å². The predicted molar refractivity (Wildman–Crippen MR) is 103 cm³/mol. The highest BCUT2D eigenvalue weighted by molar-refractivity contribution is 7.90. The van der Waals surface area contributed by atoms with Crippen LogP contribution in [-0.2, 0) is 14.6 Å². The minimum Gasteiger partial charge on any atom is -0.482 e. The van der Waals surface area contributed by atoms with E-state index in [9.17, 15) is 13.2 Å². The van der Waals surface area contributed by atoms with Crippen LogP contribution in [0.15, 0.2) is 47.4 Å². The van der Waals surface area contributed by atoms with Gasteiger partial charge in [-0.1, -0.05) is 35.3 Å². The van der Waals surface area contributed by atoms with Gasteiger partial charge in [0.05, 0.1) is 16.0 Å². The Labute approximate surface area is 163 Å². The topological polar surface area (TPSA) is 63.7 Å². The zero-order valence-corrected chi connectivity index (χ0v) is 16.9. The molecular weight excluding hydrogens is 397 g/mol. The second kappa shape index (κ2) is 8.29. The average molecular weight is 416 g/mol. The molecule has 2 rings (SSSR count). The third-order valence-corrected chi connectivity index (χ3v) is 5.67. The number of hydrogen-bond donors (Lipinski definition) is 0. The summed E-state index contributed by atoms with van der Waals surface area (Å²) in [6.07, 6.45) is 1.15.